The molecule has 0 bridgehead atoms. The molecule has 0 spiro atoms. The summed E-state index contributed by atoms with van der Waals surface area (Å²) in [6.45, 7) is 6.57. The number of hydrogen-bond acceptors (Lipinski definition) is 10. The van der Waals surface area contributed by atoms with Gasteiger partial charge in [0.1, 0.15) is 23.9 Å². The molecule has 0 aromatic heterocycles. The topological polar surface area (TPSA) is 198 Å². The number of esters is 1. The molecule has 12 nitrogen and oxygen atoms in total. The number of carbonyl (C=O) groups is 1. The first kappa shape index (κ1) is 40.7. The maximum atomic E-state index is 12.1. The van der Waals surface area contributed by atoms with Gasteiger partial charge < -0.3 is 39.7 Å². The van der Waals surface area contributed by atoms with Gasteiger partial charge in [-0.1, -0.05) is 70.6 Å². The third-order valence-electron chi connectivity index (χ3n) is 7.14. The standard InChI is InChI=1S/C30H48NO11P.Na/c1-5-22-13-14-27(34)40-25(22)15-16-30(36,17-18-31-28(35)41-29(2,3)4)26(42-43(37,38)39)20-24(33)11-7-6-9-21-10-8-12-23(32)19-21;/h6-7,9,11,13-16,21-26,32-33,36H,5,8,10,12,17-20H2,1-4H3,(H,31,35)(H2,37,38,39);/q;+1/p-1/b9-6-,11-7-,16-15+;/t21-,22+,23+,24+,25+,26-,30+;/m1./s1. The molecule has 244 valence electrons. The van der Waals surface area contributed by atoms with Gasteiger partial charge in [-0.3, -0.25) is 9.52 Å². The maximum Gasteiger partial charge on any atom is 1.00 e. The van der Waals surface area contributed by atoms with E-state index in [4.69, 9.17) is 14.0 Å². The van der Waals surface area contributed by atoms with E-state index >= 15 is 0 Å². The zero-order valence-electron chi connectivity index (χ0n) is 26.3. The zero-order valence-corrected chi connectivity index (χ0v) is 29.2. The van der Waals surface area contributed by atoms with Gasteiger partial charge in [0.15, 0.2) is 0 Å². The molecule has 1 heterocycles. The van der Waals surface area contributed by atoms with Crippen LogP contribution >= 0.6 is 7.82 Å². The molecule has 0 saturated heterocycles. The third kappa shape index (κ3) is 15.8. The first-order valence-corrected chi connectivity index (χ1v) is 16.2. The molecular formula is C30H47NNaO11P. The van der Waals surface area contributed by atoms with Crippen molar-refractivity contribution in [2.45, 2.75) is 108 Å². The molecule has 0 unspecified atom stereocenters. The Labute approximate surface area is 282 Å². The van der Waals surface area contributed by atoms with E-state index in [0.29, 0.717) is 12.8 Å². The molecule has 0 amide bonds. The van der Waals surface area contributed by atoms with E-state index in [9.17, 15) is 39.6 Å². The molecule has 14 heteroatoms. The Morgan fingerprint density at radius 1 is 1.25 bits per heavy atom. The van der Waals surface area contributed by atoms with Crippen molar-refractivity contribution in [3.63, 3.8) is 0 Å². The fraction of sp³-hybridized carbons (Fsp3) is 0.667. The minimum Gasteiger partial charge on any atom is -0.595 e. The Balaban J connectivity index is 0.00000968. The number of phosphoric ester groups is 1. The second-order valence-corrected chi connectivity index (χ2v) is 13.2. The van der Waals surface area contributed by atoms with Crippen LogP contribution < -0.4 is 34.7 Å². The Hall–Kier alpha value is -1.31. The van der Waals surface area contributed by atoms with Gasteiger partial charge in [0.25, 0.3) is 0 Å². The van der Waals surface area contributed by atoms with Gasteiger partial charge in [-0.25, -0.2) is 9.36 Å². The molecule has 0 aromatic carbocycles. The minimum absolute atomic E-state index is 0. The van der Waals surface area contributed by atoms with Crippen LogP contribution in [0.3, 0.4) is 0 Å². The van der Waals surface area contributed by atoms with E-state index in [1.165, 1.54) is 24.3 Å². The van der Waals surface area contributed by atoms with E-state index < -0.39 is 55.8 Å². The number of aliphatic hydroxyl groups is 3. The molecule has 0 aromatic rings. The number of phosphoric acid groups is 1. The minimum atomic E-state index is -5.18. The van der Waals surface area contributed by atoms with Gasteiger partial charge in [-0.05, 0) is 37.7 Å². The van der Waals surface area contributed by atoms with Crippen molar-refractivity contribution in [3.8, 4) is 0 Å². The van der Waals surface area contributed by atoms with Crippen LogP contribution in [0.15, 0.2) is 53.6 Å². The van der Waals surface area contributed by atoms with E-state index in [2.05, 4.69) is 4.99 Å². The summed E-state index contributed by atoms with van der Waals surface area (Å²) < 4.78 is 27.5. The van der Waals surface area contributed by atoms with Crippen molar-refractivity contribution in [1.29, 1.82) is 0 Å². The molecule has 0 radical (unpaired) electrons. The summed E-state index contributed by atoms with van der Waals surface area (Å²) in [5, 5.41) is 44.5. The smallest absolute Gasteiger partial charge is 0.595 e. The summed E-state index contributed by atoms with van der Waals surface area (Å²) in [5.74, 6) is -0.588. The summed E-state index contributed by atoms with van der Waals surface area (Å²) in [5.41, 5.74) is -2.97. The van der Waals surface area contributed by atoms with Crippen LogP contribution in [0.25, 0.3) is 0 Å². The molecule has 5 N–H and O–H groups in total. The van der Waals surface area contributed by atoms with Crippen molar-refractivity contribution in [3.05, 3.63) is 48.6 Å². The number of aliphatic hydroxyl groups excluding tert-OH is 2. The van der Waals surface area contributed by atoms with E-state index in [1.54, 1.807) is 39.0 Å². The molecule has 44 heavy (non-hydrogen) atoms. The summed E-state index contributed by atoms with van der Waals surface area (Å²) in [4.78, 5) is 35.0. The van der Waals surface area contributed by atoms with Crippen molar-refractivity contribution < 1.29 is 83.1 Å². The molecule has 2 rings (SSSR count). The summed E-state index contributed by atoms with van der Waals surface area (Å²) >= 11 is 0. The van der Waals surface area contributed by atoms with Crippen molar-refractivity contribution in [2.24, 2.45) is 16.8 Å². The van der Waals surface area contributed by atoms with Crippen molar-refractivity contribution in [2.75, 3.05) is 6.54 Å². The van der Waals surface area contributed by atoms with Crippen LogP contribution in [0, 0.1) is 11.8 Å². The molecule has 2 aliphatic rings. The van der Waals surface area contributed by atoms with E-state index in [-0.39, 0.29) is 60.5 Å². The van der Waals surface area contributed by atoms with Crippen LogP contribution in [-0.2, 0) is 23.4 Å². The SMILES string of the molecule is CC[C@H]1C=CC(=O)O[C@H]1/C=C/[C@](O)(CCN=C([O-])OC(C)(C)C)[C@@H](C[C@@H](O)/C=C\C=C/[C@@H]1CCC[C@H](O)C1)OP(=O)(O)O.[Na+]. The van der Waals surface area contributed by atoms with Gasteiger partial charge in [0.2, 0.25) is 0 Å². The number of aliphatic imine (C=N–C) groups is 1. The molecule has 1 fully saturated rings. The number of carbonyl (C=O) groups excluding carboxylic acids is 1. The van der Waals surface area contributed by atoms with Crippen molar-refractivity contribution >= 4 is 19.9 Å². The van der Waals surface area contributed by atoms with Crippen molar-refractivity contribution in [1.82, 2.24) is 0 Å². The predicted molar refractivity (Wildman–Crippen MR) is 158 cm³/mol. The van der Waals surface area contributed by atoms with Crippen LogP contribution in [0.2, 0.25) is 0 Å². The number of rotatable bonds is 14. The first-order chi connectivity index (χ1) is 20.0. The molecular weight excluding hydrogens is 604 g/mol. The molecule has 1 aliphatic heterocycles. The largest absolute Gasteiger partial charge is 1.00 e. The number of nitrogens with zero attached hydrogens (tertiary/aromatic N) is 1. The zero-order chi connectivity index (χ0) is 32.3. The quantitative estimate of drug-likeness (QED) is 0.0312. The van der Waals surface area contributed by atoms with Gasteiger partial charge in [-0.15, -0.1) is 0 Å². The summed E-state index contributed by atoms with van der Waals surface area (Å²) in [6.07, 6.45) is 10.4. The summed E-state index contributed by atoms with van der Waals surface area (Å²) in [6, 6.07) is 0. The Morgan fingerprint density at radius 2 is 1.95 bits per heavy atom. The second kappa shape index (κ2) is 18.7. The number of ether oxygens (including phenoxy) is 2. The normalized spacial score (nSPS) is 26.4. The Kier molecular flexibility index (Phi) is 17.3. The first-order valence-electron chi connectivity index (χ1n) is 14.7. The second-order valence-electron chi connectivity index (χ2n) is 12.0. The van der Waals surface area contributed by atoms with Gasteiger partial charge in [0.05, 0.1) is 12.2 Å². The fourth-order valence-electron chi connectivity index (χ4n) is 4.95. The molecule has 7 atom stereocenters. The average Bonchev–Trinajstić information content (AvgIpc) is 2.88. The van der Waals surface area contributed by atoms with Gasteiger partial charge in [-0.2, -0.15) is 0 Å². The number of hydrogen-bond donors (Lipinski definition) is 5. The third-order valence-corrected chi connectivity index (χ3v) is 7.67. The Bertz CT molecular complexity index is 1100. The average molecular weight is 652 g/mol. The van der Waals surface area contributed by atoms with Crippen LogP contribution in [0.1, 0.15) is 72.6 Å². The number of cyclic esters (lactones) is 1. The van der Waals surface area contributed by atoms with Gasteiger partial charge in [0, 0.05) is 37.0 Å². The predicted octanol–water partition coefficient (Wildman–Crippen LogP) is -0.401. The van der Waals surface area contributed by atoms with Crippen LogP contribution in [-0.4, -0.2) is 79.3 Å². The molecule has 1 aliphatic carbocycles. The number of allylic oxidation sites excluding steroid dienone is 3. The fourth-order valence-corrected chi connectivity index (χ4v) is 5.55. The van der Waals surface area contributed by atoms with Crippen LogP contribution in [0.4, 0.5) is 0 Å². The van der Waals surface area contributed by atoms with Crippen LogP contribution in [0.5, 0.6) is 0 Å². The van der Waals surface area contributed by atoms with E-state index in [0.717, 1.165) is 19.3 Å². The van der Waals surface area contributed by atoms with E-state index in [1.807, 2.05) is 13.0 Å². The monoisotopic (exact) mass is 651 g/mol. The Morgan fingerprint density at radius 3 is 2.57 bits per heavy atom. The maximum absolute atomic E-state index is 12.1. The molecule has 1 saturated carbocycles. The summed E-state index contributed by atoms with van der Waals surface area (Å²) in [7, 11) is -5.18. The van der Waals surface area contributed by atoms with Gasteiger partial charge >= 0.3 is 43.3 Å².